The first-order valence-electron chi connectivity index (χ1n) is 7.24. The second kappa shape index (κ2) is 8.52. The van der Waals surface area contributed by atoms with Crippen LogP contribution in [-0.4, -0.2) is 32.7 Å². The summed E-state index contributed by atoms with van der Waals surface area (Å²) in [6.07, 6.45) is -0.573. The molecule has 0 aliphatic carbocycles. The molecule has 0 saturated heterocycles. The second-order valence-electron chi connectivity index (χ2n) is 5.38. The summed E-state index contributed by atoms with van der Waals surface area (Å²) in [5.41, 5.74) is 0.959. The van der Waals surface area contributed by atoms with Crippen LogP contribution >= 0.6 is 0 Å². The van der Waals surface area contributed by atoms with Gasteiger partial charge in [0.05, 0.1) is 7.11 Å². The van der Waals surface area contributed by atoms with Gasteiger partial charge in [-0.15, -0.1) is 0 Å². The van der Waals surface area contributed by atoms with E-state index in [9.17, 15) is 4.79 Å². The van der Waals surface area contributed by atoms with E-state index >= 15 is 0 Å². The number of hydrogen-bond donors (Lipinski definition) is 2. The van der Waals surface area contributed by atoms with Crippen molar-refractivity contribution in [1.29, 1.82) is 0 Å². The van der Waals surface area contributed by atoms with E-state index in [1.54, 1.807) is 14.0 Å². The fourth-order valence-corrected chi connectivity index (χ4v) is 1.86. The molecular weight excluding hydrogens is 268 g/mol. The lowest BCUT2D eigenvalue weighted by Crippen LogP contribution is -2.38. The molecule has 1 unspecified atom stereocenters. The Morgan fingerprint density at radius 1 is 1.29 bits per heavy atom. The summed E-state index contributed by atoms with van der Waals surface area (Å²) < 4.78 is 11.2. The van der Waals surface area contributed by atoms with Gasteiger partial charge in [-0.3, -0.25) is 4.79 Å². The van der Waals surface area contributed by atoms with Gasteiger partial charge in [-0.1, -0.05) is 26.0 Å². The normalized spacial score (nSPS) is 12.1. The first-order chi connectivity index (χ1) is 9.99. The van der Waals surface area contributed by atoms with E-state index in [-0.39, 0.29) is 5.91 Å². The molecule has 1 rings (SSSR count). The number of rotatable bonds is 8. The van der Waals surface area contributed by atoms with E-state index in [0.717, 1.165) is 5.56 Å². The molecule has 1 amide bonds. The predicted octanol–water partition coefficient (Wildman–Crippen LogP) is 1.95. The van der Waals surface area contributed by atoms with Crippen LogP contribution < -0.4 is 20.1 Å². The molecule has 0 aliphatic rings. The zero-order chi connectivity index (χ0) is 15.8. The number of nitrogens with one attached hydrogen (secondary N) is 2. The van der Waals surface area contributed by atoms with Crippen LogP contribution in [0.3, 0.4) is 0 Å². The molecule has 1 atom stereocenters. The maximum absolute atomic E-state index is 12.0. The maximum Gasteiger partial charge on any atom is 0.260 e. The Morgan fingerprint density at radius 3 is 2.57 bits per heavy atom. The third-order valence-corrected chi connectivity index (χ3v) is 3.00. The van der Waals surface area contributed by atoms with Crippen molar-refractivity contribution in [3.63, 3.8) is 0 Å². The molecule has 0 radical (unpaired) electrons. The summed E-state index contributed by atoms with van der Waals surface area (Å²) >= 11 is 0. The predicted molar refractivity (Wildman–Crippen MR) is 83.7 cm³/mol. The molecule has 5 nitrogen and oxygen atoms in total. The largest absolute Gasteiger partial charge is 0.493 e. The molecule has 21 heavy (non-hydrogen) atoms. The smallest absolute Gasteiger partial charge is 0.260 e. The Hall–Kier alpha value is -1.75. The molecule has 2 N–H and O–H groups in total. The third kappa shape index (κ3) is 5.27. The van der Waals surface area contributed by atoms with Crippen molar-refractivity contribution >= 4 is 5.91 Å². The van der Waals surface area contributed by atoms with Gasteiger partial charge in [0, 0.05) is 18.7 Å². The van der Waals surface area contributed by atoms with Gasteiger partial charge in [-0.05, 0) is 26.0 Å². The lowest BCUT2D eigenvalue weighted by Gasteiger charge is -2.20. The Morgan fingerprint density at radius 2 is 2.00 bits per heavy atom. The minimum Gasteiger partial charge on any atom is -0.493 e. The van der Waals surface area contributed by atoms with Crippen LogP contribution in [-0.2, 0) is 11.3 Å². The number of amides is 1. The summed E-state index contributed by atoms with van der Waals surface area (Å²) in [6.45, 7) is 7.13. The van der Waals surface area contributed by atoms with Gasteiger partial charge in [0.1, 0.15) is 0 Å². The highest BCUT2D eigenvalue weighted by Crippen LogP contribution is 2.31. The van der Waals surface area contributed by atoms with Gasteiger partial charge in [0.2, 0.25) is 0 Å². The molecule has 5 heteroatoms. The second-order valence-corrected chi connectivity index (χ2v) is 5.38. The number of ether oxygens (including phenoxy) is 2. The van der Waals surface area contributed by atoms with Crippen LogP contribution in [0.2, 0.25) is 0 Å². The fourth-order valence-electron chi connectivity index (χ4n) is 1.86. The van der Waals surface area contributed by atoms with E-state index in [2.05, 4.69) is 24.5 Å². The standard InChI is InChI=1S/C16H26N2O3/c1-11(2)9-18-16(19)12(3)21-15-13(10-17-4)7-6-8-14(15)20-5/h6-8,11-12,17H,9-10H2,1-5H3,(H,18,19). The van der Waals surface area contributed by atoms with Crippen molar-refractivity contribution in [2.45, 2.75) is 33.4 Å². The minimum absolute atomic E-state index is 0.120. The van der Waals surface area contributed by atoms with Crippen LogP contribution in [0.5, 0.6) is 11.5 Å². The Balaban J connectivity index is 2.82. The van der Waals surface area contributed by atoms with Gasteiger partial charge in [0.25, 0.3) is 5.91 Å². The van der Waals surface area contributed by atoms with Gasteiger partial charge >= 0.3 is 0 Å². The van der Waals surface area contributed by atoms with Gasteiger partial charge in [-0.25, -0.2) is 0 Å². The molecule has 0 aromatic heterocycles. The number of para-hydroxylation sites is 1. The van der Waals surface area contributed by atoms with Crippen molar-refractivity contribution in [3.05, 3.63) is 23.8 Å². The van der Waals surface area contributed by atoms with Gasteiger partial charge in [-0.2, -0.15) is 0 Å². The zero-order valence-corrected chi connectivity index (χ0v) is 13.5. The maximum atomic E-state index is 12.0. The van der Waals surface area contributed by atoms with Gasteiger partial charge < -0.3 is 20.1 Å². The first-order valence-corrected chi connectivity index (χ1v) is 7.24. The molecule has 1 aromatic rings. The van der Waals surface area contributed by atoms with E-state index < -0.39 is 6.10 Å². The lowest BCUT2D eigenvalue weighted by molar-refractivity contribution is -0.127. The first kappa shape index (κ1) is 17.3. The number of methoxy groups -OCH3 is 1. The van der Waals surface area contributed by atoms with Crippen LogP contribution in [0.4, 0.5) is 0 Å². The molecule has 0 heterocycles. The Bertz CT molecular complexity index is 461. The fraction of sp³-hybridized carbons (Fsp3) is 0.562. The summed E-state index contributed by atoms with van der Waals surface area (Å²) in [4.78, 5) is 12.0. The summed E-state index contributed by atoms with van der Waals surface area (Å²) in [5, 5.41) is 5.95. The highest BCUT2D eigenvalue weighted by Gasteiger charge is 2.19. The van der Waals surface area contributed by atoms with Crippen molar-refractivity contribution in [1.82, 2.24) is 10.6 Å². The topological polar surface area (TPSA) is 59.6 Å². The lowest BCUT2D eigenvalue weighted by atomic mass is 10.1. The third-order valence-electron chi connectivity index (χ3n) is 3.00. The average molecular weight is 294 g/mol. The number of carbonyl (C=O) groups excluding carboxylic acids is 1. The van der Waals surface area contributed by atoms with E-state index in [1.807, 2.05) is 25.2 Å². The average Bonchev–Trinajstić information content (AvgIpc) is 2.46. The SMILES string of the molecule is CNCc1cccc(OC)c1OC(C)C(=O)NCC(C)C. The number of carbonyl (C=O) groups is 1. The summed E-state index contributed by atoms with van der Waals surface area (Å²) in [6, 6.07) is 5.68. The van der Waals surface area contributed by atoms with Crippen molar-refractivity contribution < 1.29 is 14.3 Å². The van der Waals surface area contributed by atoms with Crippen LogP contribution in [0.15, 0.2) is 18.2 Å². The molecule has 0 saturated carbocycles. The zero-order valence-electron chi connectivity index (χ0n) is 13.5. The summed E-state index contributed by atoms with van der Waals surface area (Å²) in [7, 11) is 3.46. The molecule has 0 spiro atoms. The van der Waals surface area contributed by atoms with Gasteiger partial charge in [0.15, 0.2) is 17.6 Å². The quantitative estimate of drug-likeness (QED) is 0.769. The number of hydrogen-bond acceptors (Lipinski definition) is 4. The Kier molecular flexibility index (Phi) is 7.02. The summed E-state index contributed by atoms with van der Waals surface area (Å²) in [5.74, 6) is 1.53. The number of benzene rings is 1. The van der Waals surface area contributed by atoms with Crippen molar-refractivity contribution in [2.75, 3.05) is 20.7 Å². The monoisotopic (exact) mass is 294 g/mol. The highest BCUT2D eigenvalue weighted by atomic mass is 16.5. The van der Waals surface area contributed by atoms with Crippen LogP contribution in [0, 0.1) is 5.92 Å². The minimum atomic E-state index is -0.573. The molecule has 0 aliphatic heterocycles. The molecule has 0 bridgehead atoms. The van der Waals surface area contributed by atoms with Crippen molar-refractivity contribution in [3.8, 4) is 11.5 Å². The molecule has 0 fully saturated rings. The molecule has 118 valence electrons. The Labute approximate surface area is 127 Å². The van der Waals surface area contributed by atoms with Crippen molar-refractivity contribution in [2.24, 2.45) is 5.92 Å². The van der Waals surface area contributed by atoms with Crippen LogP contribution in [0.1, 0.15) is 26.3 Å². The van der Waals surface area contributed by atoms with E-state index in [4.69, 9.17) is 9.47 Å². The molecule has 1 aromatic carbocycles. The van der Waals surface area contributed by atoms with Crippen LogP contribution in [0.25, 0.3) is 0 Å². The van der Waals surface area contributed by atoms with E-state index in [0.29, 0.717) is 30.5 Å². The highest BCUT2D eigenvalue weighted by molar-refractivity contribution is 5.80. The van der Waals surface area contributed by atoms with E-state index in [1.165, 1.54) is 0 Å². The molecular formula is C16H26N2O3.